The number of aromatic nitrogens is 1. The van der Waals surface area contributed by atoms with E-state index in [1.54, 1.807) is 6.92 Å². The van der Waals surface area contributed by atoms with E-state index in [1.165, 1.54) is 19.9 Å². The molecule has 1 rings (SSSR count). The largest absolute Gasteiger partial charge is 0.477 e. The summed E-state index contributed by atoms with van der Waals surface area (Å²) in [6.07, 6.45) is -4.54. The molecule has 1 aromatic rings. The van der Waals surface area contributed by atoms with Crippen molar-refractivity contribution in [3.05, 3.63) is 17.5 Å². The highest BCUT2D eigenvalue weighted by Gasteiger charge is 2.34. The van der Waals surface area contributed by atoms with Crippen molar-refractivity contribution in [2.75, 3.05) is 11.9 Å². The summed E-state index contributed by atoms with van der Waals surface area (Å²) in [6, 6.07) is -0.364. The minimum Gasteiger partial charge on any atom is -0.477 e. The Morgan fingerprint density at radius 3 is 2.43 bits per heavy atom. The van der Waals surface area contributed by atoms with Crippen LogP contribution in [0, 0.1) is 6.92 Å². The molecule has 3 N–H and O–H groups in total. The summed E-state index contributed by atoms with van der Waals surface area (Å²) in [5, 5.41) is 11.1. The van der Waals surface area contributed by atoms with Gasteiger partial charge in [0, 0.05) is 11.7 Å². The third-order valence-electron chi connectivity index (χ3n) is 2.64. The third-order valence-corrected chi connectivity index (χ3v) is 2.64. The van der Waals surface area contributed by atoms with Gasteiger partial charge in [-0.2, -0.15) is 13.2 Å². The minimum absolute atomic E-state index is 0.0715. The quantitative estimate of drug-likeness (QED) is 0.799. The Morgan fingerprint density at radius 2 is 2.00 bits per heavy atom. The van der Waals surface area contributed by atoms with E-state index < -0.39 is 30.8 Å². The van der Waals surface area contributed by atoms with E-state index in [1.807, 2.05) is 0 Å². The molecule has 6 nitrogen and oxygen atoms in total. The van der Waals surface area contributed by atoms with Gasteiger partial charge in [0.2, 0.25) is 0 Å². The van der Waals surface area contributed by atoms with Gasteiger partial charge in [0.25, 0.3) is 0 Å². The third kappa shape index (κ3) is 4.69. The molecule has 9 heteroatoms. The average molecular weight is 307 g/mol. The Bertz CT molecular complexity index is 538. The molecule has 21 heavy (non-hydrogen) atoms. The van der Waals surface area contributed by atoms with Crippen molar-refractivity contribution in [3.63, 3.8) is 0 Å². The van der Waals surface area contributed by atoms with Crippen LogP contribution in [0.15, 0.2) is 6.07 Å². The Morgan fingerprint density at radius 1 is 1.43 bits per heavy atom. The molecular weight excluding hydrogens is 291 g/mol. The number of anilines is 1. The molecule has 1 aromatic heterocycles. The molecule has 0 saturated heterocycles. The number of amides is 2. The zero-order chi connectivity index (χ0) is 16.4. The van der Waals surface area contributed by atoms with Gasteiger partial charge >= 0.3 is 18.2 Å². The Hall–Kier alpha value is -2.19. The SMILES string of the molecule is Cc1cc(NC(=O)N(CC(F)(F)F)C(C)C)c(C(=O)O)[nH]1. The summed E-state index contributed by atoms with van der Waals surface area (Å²) in [5.74, 6) is -1.31. The highest BCUT2D eigenvalue weighted by Crippen LogP contribution is 2.21. The van der Waals surface area contributed by atoms with Crippen molar-refractivity contribution in [2.45, 2.75) is 33.0 Å². The number of urea groups is 1. The van der Waals surface area contributed by atoms with E-state index >= 15 is 0 Å². The van der Waals surface area contributed by atoms with Crippen LogP contribution in [-0.2, 0) is 0 Å². The molecule has 0 spiro atoms. The second-order valence-corrected chi connectivity index (χ2v) is 4.81. The maximum absolute atomic E-state index is 12.5. The maximum Gasteiger partial charge on any atom is 0.406 e. The Balaban J connectivity index is 2.95. The number of hydrogen-bond acceptors (Lipinski definition) is 2. The summed E-state index contributed by atoms with van der Waals surface area (Å²) in [5.41, 5.74) is 0.115. The summed E-state index contributed by atoms with van der Waals surface area (Å²) < 4.78 is 37.4. The first-order valence-electron chi connectivity index (χ1n) is 6.08. The van der Waals surface area contributed by atoms with Crippen LogP contribution < -0.4 is 5.32 Å². The topological polar surface area (TPSA) is 85.4 Å². The van der Waals surface area contributed by atoms with E-state index in [9.17, 15) is 22.8 Å². The van der Waals surface area contributed by atoms with Crippen LogP contribution in [0.3, 0.4) is 0 Å². The van der Waals surface area contributed by atoms with Gasteiger partial charge < -0.3 is 20.3 Å². The highest BCUT2D eigenvalue weighted by atomic mass is 19.4. The Kier molecular flexibility index (Phi) is 4.87. The number of hydrogen-bond donors (Lipinski definition) is 3. The molecular formula is C12H16F3N3O3. The number of H-pyrrole nitrogens is 1. The zero-order valence-electron chi connectivity index (χ0n) is 11.7. The molecule has 0 unspecified atom stereocenters. The normalized spacial score (nSPS) is 11.6. The van der Waals surface area contributed by atoms with Crippen LogP contribution in [0.25, 0.3) is 0 Å². The first-order valence-corrected chi connectivity index (χ1v) is 6.08. The molecule has 0 atom stereocenters. The summed E-state index contributed by atoms with van der Waals surface area (Å²) in [7, 11) is 0. The van der Waals surface area contributed by atoms with Crippen molar-refractivity contribution < 1.29 is 27.9 Å². The summed E-state index contributed by atoms with van der Waals surface area (Å²) >= 11 is 0. The van der Waals surface area contributed by atoms with Crippen molar-refractivity contribution >= 4 is 17.7 Å². The second-order valence-electron chi connectivity index (χ2n) is 4.81. The lowest BCUT2D eigenvalue weighted by Gasteiger charge is -2.27. The lowest BCUT2D eigenvalue weighted by molar-refractivity contribution is -0.142. The van der Waals surface area contributed by atoms with Crippen molar-refractivity contribution in [1.82, 2.24) is 9.88 Å². The van der Waals surface area contributed by atoms with E-state index in [2.05, 4.69) is 10.3 Å². The molecule has 1 heterocycles. The van der Waals surface area contributed by atoms with E-state index in [4.69, 9.17) is 5.11 Å². The van der Waals surface area contributed by atoms with Crippen LogP contribution in [0.4, 0.5) is 23.7 Å². The second kappa shape index (κ2) is 6.06. The molecule has 0 aliphatic rings. The van der Waals surface area contributed by atoms with Gasteiger partial charge in [-0.1, -0.05) is 0 Å². The molecule has 0 saturated carbocycles. The van der Waals surface area contributed by atoms with Crippen LogP contribution in [0.2, 0.25) is 0 Å². The van der Waals surface area contributed by atoms with Gasteiger partial charge in [0.15, 0.2) is 0 Å². The minimum atomic E-state index is -4.54. The first kappa shape index (κ1) is 16.9. The molecule has 0 aliphatic carbocycles. The fourth-order valence-corrected chi connectivity index (χ4v) is 1.73. The van der Waals surface area contributed by atoms with E-state index in [0.717, 1.165) is 0 Å². The number of alkyl halides is 3. The number of carboxylic acids is 1. The molecule has 2 amide bonds. The van der Waals surface area contributed by atoms with Crippen molar-refractivity contribution in [2.24, 2.45) is 0 Å². The number of rotatable bonds is 4. The molecule has 0 aliphatic heterocycles. The van der Waals surface area contributed by atoms with Gasteiger partial charge in [-0.05, 0) is 26.8 Å². The molecule has 0 bridgehead atoms. The monoisotopic (exact) mass is 307 g/mol. The summed E-state index contributed by atoms with van der Waals surface area (Å²) in [4.78, 5) is 26.0. The molecule has 0 aromatic carbocycles. The fourth-order valence-electron chi connectivity index (χ4n) is 1.73. The van der Waals surface area contributed by atoms with Crippen molar-refractivity contribution in [3.8, 4) is 0 Å². The van der Waals surface area contributed by atoms with Crippen LogP contribution in [0.5, 0.6) is 0 Å². The van der Waals surface area contributed by atoms with Crippen LogP contribution in [-0.4, -0.2) is 45.8 Å². The van der Waals surface area contributed by atoms with Crippen LogP contribution >= 0.6 is 0 Å². The maximum atomic E-state index is 12.5. The number of nitrogens with zero attached hydrogens (tertiary/aromatic N) is 1. The standard InChI is InChI=1S/C12H16F3N3O3/c1-6(2)18(5-12(13,14)15)11(21)17-8-4-7(3)16-9(8)10(19)20/h4,6,16H,5H2,1-3H3,(H,17,21)(H,19,20). The predicted molar refractivity (Wildman–Crippen MR) is 69.4 cm³/mol. The van der Waals surface area contributed by atoms with E-state index in [0.29, 0.717) is 10.6 Å². The lowest BCUT2D eigenvalue weighted by atomic mass is 10.3. The van der Waals surface area contributed by atoms with Gasteiger partial charge in [-0.15, -0.1) is 0 Å². The number of nitrogens with one attached hydrogen (secondary N) is 2. The smallest absolute Gasteiger partial charge is 0.406 e. The number of carbonyl (C=O) groups is 2. The zero-order valence-corrected chi connectivity index (χ0v) is 11.7. The molecule has 0 fully saturated rings. The highest BCUT2D eigenvalue weighted by molar-refractivity contribution is 5.99. The summed E-state index contributed by atoms with van der Waals surface area (Å²) in [6.45, 7) is 3.03. The van der Waals surface area contributed by atoms with Gasteiger partial charge in [0.05, 0.1) is 5.69 Å². The van der Waals surface area contributed by atoms with Gasteiger partial charge in [-0.25, -0.2) is 9.59 Å². The number of aromatic amines is 1. The number of carbonyl (C=O) groups excluding carboxylic acids is 1. The van der Waals surface area contributed by atoms with E-state index in [-0.39, 0.29) is 11.4 Å². The number of aromatic carboxylic acids is 1. The molecule has 118 valence electrons. The number of carboxylic acid groups (broad SMARTS) is 1. The predicted octanol–water partition coefficient (Wildman–Crippen LogP) is 2.83. The number of halogens is 3. The van der Waals surface area contributed by atoms with Gasteiger partial charge in [-0.3, -0.25) is 0 Å². The fraction of sp³-hybridized carbons (Fsp3) is 0.500. The molecule has 0 radical (unpaired) electrons. The number of aryl methyl sites for hydroxylation is 1. The average Bonchev–Trinajstić information content (AvgIpc) is 2.65. The lowest BCUT2D eigenvalue weighted by Crippen LogP contribution is -2.45. The first-order chi connectivity index (χ1) is 9.51. The van der Waals surface area contributed by atoms with Gasteiger partial charge in [0.1, 0.15) is 12.2 Å². The Labute approximate surface area is 118 Å². The van der Waals surface area contributed by atoms with Crippen molar-refractivity contribution in [1.29, 1.82) is 0 Å². The van der Waals surface area contributed by atoms with Crippen LogP contribution in [0.1, 0.15) is 30.0 Å².